The quantitative estimate of drug-likeness (QED) is 0.533. The van der Waals surface area contributed by atoms with E-state index in [-0.39, 0.29) is 26.9 Å². The van der Waals surface area contributed by atoms with Crippen LogP contribution in [0.25, 0.3) is 0 Å². The summed E-state index contributed by atoms with van der Waals surface area (Å²) in [6, 6.07) is 0. The van der Waals surface area contributed by atoms with Gasteiger partial charge in [0.1, 0.15) is 0 Å². The summed E-state index contributed by atoms with van der Waals surface area (Å²) in [5.41, 5.74) is 0. The average Bonchev–Trinajstić information content (AvgIpc) is 1.33. The van der Waals surface area contributed by atoms with Crippen molar-refractivity contribution in [2.45, 2.75) is 0 Å². The van der Waals surface area contributed by atoms with Crippen LogP contribution in [-0.2, 0) is 23.6 Å². The SMILES string of the molecule is S.S=[P+]1C[P+](=S)C1. The van der Waals surface area contributed by atoms with Crippen molar-refractivity contribution in [1.82, 2.24) is 0 Å². The van der Waals surface area contributed by atoms with Crippen molar-refractivity contribution in [2.75, 3.05) is 11.8 Å². The molecule has 0 atom stereocenters. The molecule has 0 radical (unpaired) electrons. The molecule has 0 bridgehead atoms. The van der Waals surface area contributed by atoms with Crippen LogP contribution in [0, 0.1) is 0 Å². The van der Waals surface area contributed by atoms with Crippen molar-refractivity contribution in [3.8, 4) is 0 Å². The minimum atomic E-state index is 0. The molecule has 7 heavy (non-hydrogen) atoms. The second-order valence-electron chi connectivity index (χ2n) is 1.25. The van der Waals surface area contributed by atoms with Gasteiger partial charge in [-0.25, -0.2) is 0 Å². The fourth-order valence-electron chi connectivity index (χ4n) is 0.310. The van der Waals surface area contributed by atoms with Gasteiger partial charge in [0.15, 0.2) is 23.6 Å². The Balaban J connectivity index is 0.000000360. The summed E-state index contributed by atoms with van der Waals surface area (Å²) in [6.45, 7) is 0.102. The number of hydrogen-bond donors (Lipinski definition) is 0. The molecule has 0 aliphatic carbocycles. The first-order valence-corrected chi connectivity index (χ1v) is 7.08. The molecule has 0 amide bonds. The highest BCUT2D eigenvalue weighted by atomic mass is 32.5. The molecule has 0 N–H and O–H groups in total. The van der Waals surface area contributed by atoms with Crippen LogP contribution in [0.2, 0.25) is 0 Å². The van der Waals surface area contributed by atoms with Crippen LogP contribution in [0.3, 0.4) is 0 Å². The highest BCUT2D eigenvalue weighted by Crippen LogP contribution is 2.53. The predicted molar refractivity (Wildman–Crippen MR) is 48.7 cm³/mol. The molecule has 0 unspecified atom stereocenters. The van der Waals surface area contributed by atoms with Crippen LogP contribution >= 0.6 is 26.9 Å². The smallest absolute Gasteiger partial charge is 0.197 e. The van der Waals surface area contributed by atoms with Gasteiger partial charge >= 0.3 is 0 Å². The van der Waals surface area contributed by atoms with E-state index < -0.39 is 0 Å². The first kappa shape index (κ1) is 8.39. The number of rotatable bonds is 0. The van der Waals surface area contributed by atoms with E-state index in [2.05, 4.69) is 0 Å². The average molecular weight is 188 g/mol. The second-order valence-corrected chi connectivity index (χ2v) is 8.53. The summed E-state index contributed by atoms with van der Waals surface area (Å²) in [5, 5.41) is 0. The van der Waals surface area contributed by atoms with Crippen LogP contribution in [0.1, 0.15) is 0 Å². The minimum Gasteiger partial charge on any atom is -0.197 e. The van der Waals surface area contributed by atoms with Gasteiger partial charge in [-0.3, -0.25) is 0 Å². The highest BCUT2D eigenvalue weighted by Gasteiger charge is 2.40. The van der Waals surface area contributed by atoms with Gasteiger partial charge < -0.3 is 0 Å². The molecule has 5 heteroatoms. The van der Waals surface area contributed by atoms with Gasteiger partial charge in [-0.15, -0.1) is 0 Å². The molecule has 0 spiro atoms. The summed E-state index contributed by atoms with van der Waals surface area (Å²) in [5.74, 6) is 2.46. The molecular weight excluding hydrogens is 182 g/mol. The van der Waals surface area contributed by atoms with Crippen molar-refractivity contribution in [1.29, 1.82) is 0 Å². The summed E-state index contributed by atoms with van der Waals surface area (Å²) < 4.78 is 0. The lowest BCUT2D eigenvalue weighted by Gasteiger charge is -1.85. The van der Waals surface area contributed by atoms with Gasteiger partial charge in [-0.1, -0.05) is 0 Å². The van der Waals surface area contributed by atoms with Crippen molar-refractivity contribution in [2.24, 2.45) is 0 Å². The van der Waals surface area contributed by atoms with Gasteiger partial charge in [0.25, 0.3) is 25.2 Å². The molecule has 0 aromatic carbocycles. The molecule has 1 aliphatic rings. The topological polar surface area (TPSA) is 0 Å². The first-order valence-electron chi connectivity index (χ1n) is 1.63. The van der Waals surface area contributed by atoms with Crippen LogP contribution in [0.4, 0.5) is 0 Å². The molecule has 1 rings (SSSR count). The zero-order chi connectivity index (χ0) is 4.57. The maximum atomic E-state index is 4.96. The summed E-state index contributed by atoms with van der Waals surface area (Å²) in [7, 11) is 0. The number of hydrogen-bond acceptors (Lipinski definition) is 2. The maximum Gasteiger partial charge on any atom is 0.285 e. The third-order valence-electron chi connectivity index (χ3n) is 0.631. The Labute approximate surface area is 62.4 Å². The zero-order valence-corrected chi connectivity index (χ0v) is 8.05. The van der Waals surface area contributed by atoms with Gasteiger partial charge in [-0.05, 0) is 0 Å². The Morgan fingerprint density at radius 3 is 1.29 bits per heavy atom. The van der Waals surface area contributed by atoms with E-state index in [1.54, 1.807) is 0 Å². The summed E-state index contributed by atoms with van der Waals surface area (Å²) >= 11 is 9.92. The Morgan fingerprint density at radius 2 is 1.29 bits per heavy atom. The van der Waals surface area contributed by atoms with Crippen LogP contribution in [-0.4, -0.2) is 11.8 Å². The van der Waals surface area contributed by atoms with Crippen molar-refractivity contribution in [3.63, 3.8) is 0 Å². The molecule has 1 heterocycles. The van der Waals surface area contributed by atoms with E-state index in [1.165, 1.54) is 11.8 Å². The summed E-state index contributed by atoms with van der Waals surface area (Å²) in [6.07, 6.45) is 0. The van der Waals surface area contributed by atoms with E-state index >= 15 is 0 Å². The Morgan fingerprint density at radius 1 is 1.00 bits per heavy atom. The Hall–Kier alpha value is 1.39. The molecule has 0 saturated carbocycles. The van der Waals surface area contributed by atoms with Crippen LogP contribution < -0.4 is 0 Å². The van der Waals surface area contributed by atoms with Crippen LogP contribution in [0.15, 0.2) is 0 Å². The van der Waals surface area contributed by atoms with Gasteiger partial charge in [0.2, 0.25) is 0 Å². The molecule has 1 saturated heterocycles. The van der Waals surface area contributed by atoms with E-state index in [0.717, 1.165) is 0 Å². The molecule has 0 aromatic heterocycles. The largest absolute Gasteiger partial charge is 0.285 e. The van der Waals surface area contributed by atoms with E-state index in [9.17, 15) is 0 Å². The Kier molecular flexibility index (Phi) is 4.10. The normalized spacial score (nSPS) is 28.0. The molecule has 40 valence electrons. The second kappa shape index (κ2) is 3.42. The molecule has 0 nitrogen and oxygen atoms in total. The van der Waals surface area contributed by atoms with E-state index in [4.69, 9.17) is 23.6 Å². The predicted octanol–water partition coefficient (Wildman–Crippen LogP) is 1.92. The molecule has 0 aromatic rings. The molecular formula is C2H6P2S3+2. The maximum absolute atomic E-state index is 4.96. The zero-order valence-electron chi connectivity index (χ0n) is 3.63. The standard InChI is InChI=1S/C2H4P2S2.H2S/c5-3-1-4(6)2-3;/h1-2H2;1H2/q+2;. The van der Waals surface area contributed by atoms with Gasteiger partial charge in [0, 0.05) is 0 Å². The van der Waals surface area contributed by atoms with Crippen LogP contribution in [0.5, 0.6) is 0 Å². The minimum absolute atomic E-state index is 0. The van der Waals surface area contributed by atoms with Crippen molar-refractivity contribution < 1.29 is 0 Å². The lowest BCUT2D eigenvalue weighted by molar-refractivity contribution is 1.94. The first-order chi connectivity index (χ1) is 2.79. The molecule has 1 aliphatic heterocycles. The highest BCUT2D eigenvalue weighted by molar-refractivity contribution is 8.23. The lowest BCUT2D eigenvalue weighted by atomic mass is 11.8. The Bertz CT molecular complexity index is 87.5. The fraction of sp³-hybridized carbons (Fsp3) is 1.00. The third kappa shape index (κ3) is 2.43. The fourth-order valence-corrected chi connectivity index (χ4v) is 9.13. The lowest BCUT2D eigenvalue weighted by Crippen LogP contribution is -1.84. The van der Waals surface area contributed by atoms with Crippen molar-refractivity contribution in [3.05, 3.63) is 0 Å². The third-order valence-corrected chi connectivity index (χ3v) is 9.84. The van der Waals surface area contributed by atoms with E-state index in [1.807, 2.05) is 0 Å². The summed E-state index contributed by atoms with van der Waals surface area (Å²) in [4.78, 5) is 0. The van der Waals surface area contributed by atoms with Gasteiger partial charge in [-0.2, -0.15) is 13.5 Å². The molecule has 1 fully saturated rings. The van der Waals surface area contributed by atoms with Crippen molar-refractivity contribution >= 4 is 50.5 Å². The van der Waals surface area contributed by atoms with Gasteiger partial charge in [0.05, 0.1) is 0 Å². The van der Waals surface area contributed by atoms with E-state index in [0.29, 0.717) is 0 Å². The monoisotopic (exact) mass is 188 g/mol.